The molecule has 5 heteroatoms. The van der Waals surface area contributed by atoms with Crippen LogP contribution < -0.4 is 16.0 Å². The van der Waals surface area contributed by atoms with Gasteiger partial charge in [-0.3, -0.25) is 11.3 Å². The van der Waals surface area contributed by atoms with Crippen LogP contribution in [0.15, 0.2) is 22.7 Å². The van der Waals surface area contributed by atoms with E-state index in [2.05, 4.69) is 34.3 Å². The molecule has 0 aliphatic rings. The largest absolute Gasteiger partial charge is 0.496 e. The van der Waals surface area contributed by atoms with E-state index in [-0.39, 0.29) is 12.1 Å². The minimum absolute atomic E-state index is 0.102. The van der Waals surface area contributed by atoms with Crippen molar-refractivity contribution in [1.82, 2.24) is 5.43 Å². The summed E-state index contributed by atoms with van der Waals surface area (Å²) in [5.74, 6) is 6.49. The smallest absolute Gasteiger partial charge is 0.133 e. The van der Waals surface area contributed by atoms with Crippen LogP contribution in [-0.2, 0) is 11.2 Å². The molecule has 0 radical (unpaired) electrons. The van der Waals surface area contributed by atoms with E-state index in [1.807, 2.05) is 12.1 Å². The van der Waals surface area contributed by atoms with E-state index < -0.39 is 0 Å². The molecule has 0 aromatic heterocycles. The van der Waals surface area contributed by atoms with Crippen LogP contribution in [0.3, 0.4) is 0 Å². The highest BCUT2D eigenvalue weighted by molar-refractivity contribution is 9.10. The van der Waals surface area contributed by atoms with Crippen molar-refractivity contribution in [3.05, 3.63) is 28.2 Å². The maximum Gasteiger partial charge on any atom is 0.133 e. The summed E-state index contributed by atoms with van der Waals surface area (Å²) in [6.45, 7) is 2.14. The minimum Gasteiger partial charge on any atom is -0.496 e. The SMILES string of the molecule is CCCC(OC)C(Cc1ccc(OC)c(Br)c1)NN. The van der Waals surface area contributed by atoms with Gasteiger partial charge in [0.2, 0.25) is 0 Å². The van der Waals surface area contributed by atoms with Crippen molar-refractivity contribution in [3.63, 3.8) is 0 Å². The fourth-order valence-electron chi connectivity index (χ4n) is 2.16. The second kappa shape index (κ2) is 8.53. The van der Waals surface area contributed by atoms with Crippen molar-refractivity contribution in [3.8, 4) is 5.75 Å². The summed E-state index contributed by atoms with van der Waals surface area (Å²) in [5, 5.41) is 0. The first kappa shape index (κ1) is 16.4. The third-order valence-corrected chi connectivity index (χ3v) is 3.83. The van der Waals surface area contributed by atoms with Crippen LogP contribution in [-0.4, -0.2) is 26.4 Å². The van der Waals surface area contributed by atoms with E-state index in [9.17, 15) is 0 Å². The Labute approximate surface area is 123 Å². The number of hydrogen-bond acceptors (Lipinski definition) is 4. The second-order valence-corrected chi connectivity index (χ2v) is 5.36. The zero-order chi connectivity index (χ0) is 14.3. The van der Waals surface area contributed by atoms with Crippen LogP contribution in [0.2, 0.25) is 0 Å². The van der Waals surface area contributed by atoms with Crippen LogP contribution in [0, 0.1) is 0 Å². The first-order valence-electron chi connectivity index (χ1n) is 6.47. The fraction of sp³-hybridized carbons (Fsp3) is 0.571. The zero-order valence-electron chi connectivity index (χ0n) is 11.8. The van der Waals surface area contributed by atoms with Gasteiger partial charge in [0, 0.05) is 7.11 Å². The Morgan fingerprint density at radius 1 is 1.37 bits per heavy atom. The van der Waals surface area contributed by atoms with Gasteiger partial charge >= 0.3 is 0 Å². The Hall–Kier alpha value is -0.620. The number of nitrogens with two attached hydrogens (primary N) is 1. The molecule has 2 unspecified atom stereocenters. The number of nitrogens with one attached hydrogen (secondary N) is 1. The molecular formula is C14H23BrN2O2. The van der Waals surface area contributed by atoms with Gasteiger partial charge in [0.05, 0.1) is 23.7 Å². The van der Waals surface area contributed by atoms with Crippen LogP contribution in [0.5, 0.6) is 5.75 Å². The topological polar surface area (TPSA) is 56.5 Å². The summed E-state index contributed by atoms with van der Waals surface area (Å²) in [6, 6.07) is 6.16. The summed E-state index contributed by atoms with van der Waals surface area (Å²) in [5.41, 5.74) is 4.05. The average Bonchev–Trinajstić information content (AvgIpc) is 2.42. The van der Waals surface area contributed by atoms with Gasteiger partial charge in [0.15, 0.2) is 0 Å². The van der Waals surface area contributed by atoms with Crippen molar-refractivity contribution in [2.24, 2.45) is 5.84 Å². The summed E-state index contributed by atoms with van der Waals surface area (Å²) < 4.78 is 11.7. The molecule has 0 fully saturated rings. The molecule has 1 aromatic rings. The maximum atomic E-state index is 5.66. The van der Waals surface area contributed by atoms with Crippen molar-refractivity contribution < 1.29 is 9.47 Å². The molecular weight excluding hydrogens is 308 g/mol. The standard InChI is InChI=1S/C14H23BrN2O2/c1-4-5-14(19-3)12(17-16)9-10-6-7-13(18-2)11(15)8-10/h6-8,12,14,17H,4-5,9,16H2,1-3H3. The lowest BCUT2D eigenvalue weighted by Gasteiger charge is -2.25. The molecule has 108 valence electrons. The lowest BCUT2D eigenvalue weighted by atomic mass is 9.99. The molecule has 0 aliphatic carbocycles. The molecule has 0 amide bonds. The highest BCUT2D eigenvalue weighted by Gasteiger charge is 2.20. The van der Waals surface area contributed by atoms with E-state index in [1.165, 1.54) is 5.56 Å². The third kappa shape index (κ3) is 4.76. The lowest BCUT2D eigenvalue weighted by Crippen LogP contribution is -2.46. The van der Waals surface area contributed by atoms with E-state index >= 15 is 0 Å². The van der Waals surface area contributed by atoms with E-state index in [0.29, 0.717) is 0 Å². The predicted molar refractivity (Wildman–Crippen MR) is 81.2 cm³/mol. The number of hydrogen-bond donors (Lipinski definition) is 2. The van der Waals surface area contributed by atoms with Crippen LogP contribution >= 0.6 is 15.9 Å². The van der Waals surface area contributed by atoms with Crippen molar-refractivity contribution in [2.75, 3.05) is 14.2 Å². The van der Waals surface area contributed by atoms with Gasteiger partial charge in [0.25, 0.3) is 0 Å². The monoisotopic (exact) mass is 330 g/mol. The van der Waals surface area contributed by atoms with E-state index in [0.717, 1.165) is 29.5 Å². The molecule has 1 aromatic carbocycles. The van der Waals surface area contributed by atoms with E-state index in [1.54, 1.807) is 14.2 Å². The van der Waals surface area contributed by atoms with Crippen molar-refractivity contribution in [1.29, 1.82) is 0 Å². The van der Waals surface area contributed by atoms with Gasteiger partial charge in [0.1, 0.15) is 5.75 Å². The Balaban J connectivity index is 2.77. The molecule has 0 heterocycles. The number of hydrazine groups is 1. The number of methoxy groups -OCH3 is 2. The summed E-state index contributed by atoms with van der Waals surface area (Å²) in [4.78, 5) is 0. The molecule has 0 aliphatic heterocycles. The van der Waals surface area contributed by atoms with Gasteiger partial charge in [-0.1, -0.05) is 19.4 Å². The zero-order valence-corrected chi connectivity index (χ0v) is 13.4. The summed E-state index contributed by atoms with van der Waals surface area (Å²) in [7, 11) is 3.39. The van der Waals surface area contributed by atoms with Gasteiger partial charge in [-0.2, -0.15) is 0 Å². The van der Waals surface area contributed by atoms with Gasteiger partial charge in [-0.25, -0.2) is 0 Å². The minimum atomic E-state index is 0.102. The average molecular weight is 331 g/mol. The first-order chi connectivity index (χ1) is 9.15. The van der Waals surface area contributed by atoms with Crippen molar-refractivity contribution >= 4 is 15.9 Å². The number of halogens is 1. The van der Waals surface area contributed by atoms with Crippen LogP contribution in [0.1, 0.15) is 25.3 Å². The summed E-state index contributed by atoms with van der Waals surface area (Å²) >= 11 is 3.50. The molecule has 3 N–H and O–H groups in total. The normalized spacial score (nSPS) is 14.2. The third-order valence-electron chi connectivity index (χ3n) is 3.21. The molecule has 0 spiro atoms. The lowest BCUT2D eigenvalue weighted by molar-refractivity contribution is 0.0609. The summed E-state index contributed by atoms with van der Waals surface area (Å²) in [6.07, 6.45) is 3.00. The predicted octanol–water partition coefficient (Wildman–Crippen LogP) is 2.65. The Morgan fingerprint density at radius 3 is 2.58 bits per heavy atom. The molecule has 0 bridgehead atoms. The maximum absolute atomic E-state index is 5.66. The molecule has 19 heavy (non-hydrogen) atoms. The molecule has 0 saturated carbocycles. The van der Waals surface area contributed by atoms with E-state index in [4.69, 9.17) is 15.3 Å². The molecule has 1 rings (SSSR count). The molecule has 2 atom stereocenters. The Bertz CT molecular complexity index is 388. The Kier molecular flexibility index (Phi) is 7.38. The Morgan fingerprint density at radius 2 is 2.11 bits per heavy atom. The molecule has 0 saturated heterocycles. The highest BCUT2D eigenvalue weighted by Crippen LogP contribution is 2.26. The molecule has 4 nitrogen and oxygen atoms in total. The number of ether oxygens (including phenoxy) is 2. The van der Waals surface area contributed by atoms with Crippen LogP contribution in [0.25, 0.3) is 0 Å². The first-order valence-corrected chi connectivity index (χ1v) is 7.26. The van der Waals surface area contributed by atoms with Gasteiger partial charge in [-0.15, -0.1) is 0 Å². The fourth-order valence-corrected chi connectivity index (χ4v) is 2.74. The second-order valence-electron chi connectivity index (χ2n) is 4.51. The highest BCUT2D eigenvalue weighted by atomic mass is 79.9. The van der Waals surface area contributed by atoms with Gasteiger partial charge < -0.3 is 9.47 Å². The van der Waals surface area contributed by atoms with Crippen molar-refractivity contribution in [2.45, 2.75) is 38.3 Å². The van der Waals surface area contributed by atoms with Gasteiger partial charge in [-0.05, 0) is 46.5 Å². The van der Waals surface area contributed by atoms with Crippen LogP contribution in [0.4, 0.5) is 0 Å². The number of rotatable bonds is 8. The quantitative estimate of drug-likeness (QED) is 0.568. The number of benzene rings is 1.